The Kier molecular flexibility index (Phi) is 4.44. The molecule has 1 aromatic rings. The van der Waals surface area contributed by atoms with Crippen LogP contribution in [0, 0.1) is 11.6 Å². The summed E-state index contributed by atoms with van der Waals surface area (Å²) in [6.07, 6.45) is -1.47. The Hall–Kier alpha value is -2.16. The summed E-state index contributed by atoms with van der Waals surface area (Å²) in [5.41, 5.74) is 4.87. The van der Waals surface area contributed by atoms with Crippen LogP contribution < -0.4 is 10.6 Å². The van der Waals surface area contributed by atoms with Crippen molar-refractivity contribution in [3.8, 4) is 0 Å². The highest BCUT2D eigenvalue weighted by Crippen LogP contribution is 2.37. The van der Waals surface area contributed by atoms with E-state index >= 15 is 0 Å². The zero-order chi connectivity index (χ0) is 17.4. The fourth-order valence-electron chi connectivity index (χ4n) is 2.86. The molecule has 9 heteroatoms. The topological polar surface area (TPSA) is 89.7 Å². The highest BCUT2D eigenvalue weighted by Gasteiger charge is 2.37. The van der Waals surface area contributed by atoms with Gasteiger partial charge in [0, 0.05) is 17.7 Å². The number of amides is 2. The number of anilines is 1. The van der Waals surface area contributed by atoms with Crippen LogP contribution >= 0.6 is 11.8 Å². The molecule has 1 aromatic carbocycles. The van der Waals surface area contributed by atoms with Gasteiger partial charge in [-0.3, -0.25) is 14.5 Å². The molecule has 2 atom stereocenters. The van der Waals surface area contributed by atoms with Gasteiger partial charge < -0.3 is 10.5 Å². The first-order valence-corrected chi connectivity index (χ1v) is 8.27. The molecular formula is C15H14F2N2O4S. The highest BCUT2D eigenvalue weighted by atomic mass is 32.2. The summed E-state index contributed by atoms with van der Waals surface area (Å²) in [6.45, 7) is -0.203. The van der Waals surface area contributed by atoms with Crippen molar-refractivity contribution < 1.29 is 27.9 Å². The van der Waals surface area contributed by atoms with Crippen molar-refractivity contribution in [3.05, 3.63) is 29.3 Å². The molecule has 2 fully saturated rings. The maximum atomic E-state index is 14.4. The van der Waals surface area contributed by atoms with E-state index in [-0.39, 0.29) is 29.3 Å². The predicted molar refractivity (Wildman–Crippen MR) is 82.6 cm³/mol. The number of cyclic esters (lactones) is 1. The van der Waals surface area contributed by atoms with E-state index in [0.717, 1.165) is 28.8 Å². The third-order valence-corrected chi connectivity index (χ3v) is 4.98. The molecule has 2 N–H and O–H groups in total. The molecule has 0 aromatic heterocycles. The van der Waals surface area contributed by atoms with Crippen molar-refractivity contribution in [3.63, 3.8) is 0 Å². The molecule has 0 aliphatic carbocycles. The van der Waals surface area contributed by atoms with Gasteiger partial charge in [-0.05, 0) is 24.5 Å². The lowest BCUT2D eigenvalue weighted by atomic mass is 9.92. The smallest absolute Gasteiger partial charge is 0.415 e. The number of ether oxygens (including phenoxy) is 1. The average molecular weight is 356 g/mol. The van der Waals surface area contributed by atoms with Gasteiger partial charge in [-0.1, -0.05) is 11.8 Å². The Morgan fingerprint density at radius 3 is 2.50 bits per heavy atom. The highest BCUT2D eigenvalue weighted by molar-refractivity contribution is 8.13. The molecule has 24 heavy (non-hydrogen) atoms. The van der Waals surface area contributed by atoms with Crippen molar-refractivity contribution in [2.45, 2.75) is 24.9 Å². The van der Waals surface area contributed by atoms with E-state index in [9.17, 15) is 23.2 Å². The first-order valence-electron chi connectivity index (χ1n) is 7.29. The van der Waals surface area contributed by atoms with Crippen LogP contribution in [0.2, 0.25) is 0 Å². The second kappa shape index (κ2) is 6.39. The maximum Gasteiger partial charge on any atom is 0.415 e. The minimum absolute atomic E-state index is 0.0565. The van der Waals surface area contributed by atoms with Crippen molar-refractivity contribution in [2.24, 2.45) is 5.73 Å². The fraction of sp³-hybridized carbons (Fsp3) is 0.400. The Bertz CT molecular complexity index is 704. The summed E-state index contributed by atoms with van der Waals surface area (Å²) in [7, 11) is 0. The summed E-state index contributed by atoms with van der Waals surface area (Å²) >= 11 is 1.16. The van der Waals surface area contributed by atoms with Crippen LogP contribution in [-0.2, 0) is 14.3 Å². The standard InChI is InChI=1S/C15H14F2N2O4S/c16-9-4-8(19-6-11(14(18)21)23-15(19)22)5-10(17)13(9)7-1-2-24-12(20)3-7/h4-5,7,11H,1-3,6H2,(H2,18,21)/t7?,11-/m1/s1. The molecule has 0 radical (unpaired) electrons. The third kappa shape index (κ3) is 3.08. The number of nitrogens with two attached hydrogens (primary N) is 1. The van der Waals surface area contributed by atoms with Gasteiger partial charge in [0.1, 0.15) is 11.6 Å². The van der Waals surface area contributed by atoms with E-state index in [2.05, 4.69) is 0 Å². The van der Waals surface area contributed by atoms with E-state index in [1.54, 1.807) is 0 Å². The number of rotatable bonds is 3. The second-order valence-corrected chi connectivity index (χ2v) is 6.77. The normalized spacial score (nSPS) is 24.2. The minimum Gasteiger partial charge on any atom is -0.434 e. The lowest BCUT2D eigenvalue weighted by Gasteiger charge is -2.23. The first kappa shape index (κ1) is 16.7. The number of nitrogens with zero attached hydrogens (tertiary/aromatic N) is 1. The van der Waals surface area contributed by atoms with Crippen molar-refractivity contribution in [1.29, 1.82) is 0 Å². The van der Waals surface area contributed by atoms with Gasteiger partial charge in [0.05, 0.1) is 12.2 Å². The van der Waals surface area contributed by atoms with Gasteiger partial charge in [0.2, 0.25) is 0 Å². The number of hydrogen-bond acceptors (Lipinski definition) is 5. The summed E-state index contributed by atoms with van der Waals surface area (Å²) < 4.78 is 33.6. The maximum absolute atomic E-state index is 14.4. The molecule has 0 spiro atoms. The molecule has 3 rings (SSSR count). The molecule has 6 nitrogen and oxygen atoms in total. The Balaban J connectivity index is 1.89. The summed E-state index contributed by atoms with van der Waals surface area (Å²) in [6, 6.07) is 2.02. The molecule has 1 unspecified atom stereocenters. The molecule has 2 saturated heterocycles. The van der Waals surface area contributed by atoms with E-state index < -0.39 is 35.7 Å². The largest absolute Gasteiger partial charge is 0.434 e. The summed E-state index contributed by atoms with van der Waals surface area (Å²) in [5, 5.41) is -0.0958. The zero-order valence-electron chi connectivity index (χ0n) is 12.5. The predicted octanol–water partition coefficient (Wildman–Crippen LogP) is 1.91. The van der Waals surface area contributed by atoms with E-state index in [0.29, 0.717) is 12.2 Å². The average Bonchev–Trinajstić information content (AvgIpc) is 2.89. The number of primary amides is 1. The van der Waals surface area contributed by atoms with Crippen LogP contribution in [0.3, 0.4) is 0 Å². The van der Waals surface area contributed by atoms with Crippen LogP contribution in [0.15, 0.2) is 12.1 Å². The van der Waals surface area contributed by atoms with Crippen molar-refractivity contribution in [2.75, 3.05) is 17.2 Å². The SMILES string of the molecule is NC(=O)[C@H]1CN(c2cc(F)c(C3CCSC(=O)C3)c(F)c2)C(=O)O1. The van der Waals surface area contributed by atoms with E-state index in [4.69, 9.17) is 10.5 Å². The lowest BCUT2D eigenvalue weighted by molar-refractivity contribution is -0.124. The lowest BCUT2D eigenvalue weighted by Crippen LogP contribution is -2.32. The molecule has 0 bridgehead atoms. The number of hydrogen-bond donors (Lipinski definition) is 1. The second-order valence-electron chi connectivity index (χ2n) is 5.62. The van der Waals surface area contributed by atoms with Crippen LogP contribution in [0.25, 0.3) is 0 Å². The van der Waals surface area contributed by atoms with Gasteiger partial charge >= 0.3 is 6.09 Å². The van der Waals surface area contributed by atoms with Gasteiger partial charge in [-0.2, -0.15) is 0 Å². The monoisotopic (exact) mass is 356 g/mol. The molecule has 0 saturated carbocycles. The van der Waals surface area contributed by atoms with Gasteiger partial charge in [0.15, 0.2) is 11.2 Å². The number of thioether (sulfide) groups is 1. The van der Waals surface area contributed by atoms with Crippen LogP contribution in [-0.4, -0.2) is 35.5 Å². The Labute approximate surface area is 140 Å². The minimum atomic E-state index is -1.16. The number of carbonyl (C=O) groups is 3. The van der Waals surface area contributed by atoms with E-state index in [1.165, 1.54) is 0 Å². The molecule has 2 amide bonds. The molecular weight excluding hydrogens is 342 g/mol. The van der Waals surface area contributed by atoms with Crippen molar-refractivity contribution in [1.82, 2.24) is 0 Å². The van der Waals surface area contributed by atoms with Gasteiger partial charge in [-0.15, -0.1) is 0 Å². The van der Waals surface area contributed by atoms with Crippen LogP contribution in [0.5, 0.6) is 0 Å². The number of benzene rings is 1. The van der Waals surface area contributed by atoms with Gasteiger partial charge in [0.25, 0.3) is 5.91 Å². The third-order valence-electron chi connectivity index (χ3n) is 4.06. The molecule has 2 aliphatic heterocycles. The zero-order valence-corrected chi connectivity index (χ0v) is 13.3. The summed E-state index contributed by atoms with van der Waals surface area (Å²) in [5.74, 6) is -2.49. The van der Waals surface area contributed by atoms with Crippen molar-refractivity contribution >= 4 is 34.6 Å². The fourth-order valence-corrected chi connectivity index (χ4v) is 3.81. The van der Waals surface area contributed by atoms with Crippen LogP contribution in [0.1, 0.15) is 24.3 Å². The Morgan fingerprint density at radius 1 is 1.29 bits per heavy atom. The number of halogens is 2. The molecule has 2 heterocycles. The van der Waals surface area contributed by atoms with Crippen LogP contribution in [0.4, 0.5) is 19.3 Å². The van der Waals surface area contributed by atoms with E-state index in [1.807, 2.05) is 0 Å². The number of carbonyl (C=O) groups excluding carboxylic acids is 3. The molecule has 2 aliphatic rings. The molecule has 128 valence electrons. The van der Waals surface area contributed by atoms with Gasteiger partial charge in [-0.25, -0.2) is 13.6 Å². The quantitative estimate of drug-likeness (QED) is 0.894. The Morgan fingerprint density at radius 2 is 1.96 bits per heavy atom. The summed E-state index contributed by atoms with van der Waals surface area (Å²) in [4.78, 5) is 35.3. The first-order chi connectivity index (χ1) is 11.4.